The van der Waals surface area contributed by atoms with Crippen molar-refractivity contribution in [2.24, 2.45) is 0 Å². The average molecular weight is 180 g/mol. The van der Waals surface area contributed by atoms with Crippen LogP contribution in [0.2, 0.25) is 0 Å². The lowest BCUT2D eigenvalue weighted by molar-refractivity contribution is -0.302. The summed E-state index contributed by atoms with van der Waals surface area (Å²) in [6.45, 7) is 3.33. The summed E-state index contributed by atoms with van der Waals surface area (Å²) in [4.78, 5) is 18.2. The molecule has 5 heteroatoms. The van der Waals surface area contributed by atoms with Crippen LogP contribution in [0.1, 0.15) is 11.5 Å². The number of nitrogens with one attached hydrogen (secondary N) is 1. The van der Waals surface area contributed by atoms with Crippen LogP contribution in [-0.4, -0.2) is 22.5 Å². The molecule has 0 spiro atoms. The van der Waals surface area contributed by atoms with Crippen molar-refractivity contribution in [2.75, 3.05) is 11.9 Å². The molecule has 0 aliphatic heterocycles. The van der Waals surface area contributed by atoms with E-state index < -0.39 is 5.97 Å². The van der Waals surface area contributed by atoms with Gasteiger partial charge >= 0.3 is 0 Å². The molecule has 0 bridgehead atoms. The summed E-state index contributed by atoms with van der Waals surface area (Å²) in [7, 11) is 0. The van der Waals surface area contributed by atoms with Crippen molar-refractivity contribution in [1.29, 1.82) is 0 Å². The Morgan fingerprint density at radius 1 is 1.54 bits per heavy atom. The van der Waals surface area contributed by atoms with E-state index in [0.29, 0.717) is 11.6 Å². The molecule has 0 radical (unpaired) electrons. The normalized spacial score (nSPS) is 9.69. The molecule has 70 valence electrons. The van der Waals surface area contributed by atoms with Crippen LogP contribution >= 0.6 is 0 Å². The molecule has 1 rings (SSSR count). The lowest BCUT2D eigenvalue weighted by atomic mass is 10.4. The highest BCUT2D eigenvalue weighted by Crippen LogP contribution is 2.04. The molecule has 0 saturated heterocycles. The average Bonchev–Trinajstić information content (AvgIpc) is 1.99. The van der Waals surface area contributed by atoms with Gasteiger partial charge in [-0.05, 0) is 13.8 Å². The second-order valence-corrected chi connectivity index (χ2v) is 2.67. The maximum Gasteiger partial charge on any atom is 0.130 e. The van der Waals surface area contributed by atoms with Crippen LogP contribution in [-0.2, 0) is 4.79 Å². The molecular formula is C8H10N3O2-. The zero-order valence-electron chi connectivity index (χ0n) is 7.50. The van der Waals surface area contributed by atoms with Gasteiger partial charge in [-0.15, -0.1) is 0 Å². The van der Waals surface area contributed by atoms with E-state index in [1.54, 1.807) is 13.0 Å². The summed E-state index contributed by atoms with van der Waals surface area (Å²) in [5.74, 6) is -0.0380. The molecule has 0 aromatic carbocycles. The zero-order valence-corrected chi connectivity index (χ0v) is 7.50. The van der Waals surface area contributed by atoms with E-state index in [2.05, 4.69) is 15.3 Å². The van der Waals surface area contributed by atoms with Crippen molar-refractivity contribution in [1.82, 2.24) is 9.97 Å². The summed E-state index contributed by atoms with van der Waals surface area (Å²) in [5, 5.41) is 12.7. The van der Waals surface area contributed by atoms with E-state index in [1.807, 2.05) is 6.92 Å². The van der Waals surface area contributed by atoms with Crippen molar-refractivity contribution in [3.05, 3.63) is 17.6 Å². The third-order valence-corrected chi connectivity index (χ3v) is 1.38. The van der Waals surface area contributed by atoms with Crippen LogP contribution in [0.5, 0.6) is 0 Å². The Kier molecular flexibility index (Phi) is 2.79. The Hall–Kier alpha value is -1.65. The van der Waals surface area contributed by atoms with Crippen molar-refractivity contribution in [2.45, 2.75) is 13.8 Å². The number of aliphatic carboxylic acids is 1. The van der Waals surface area contributed by atoms with Crippen LogP contribution in [0.3, 0.4) is 0 Å². The fraction of sp³-hybridized carbons (Fsp3) is 0.375. The van der Waals surface area contributed by atoms with E-state index >= 15 is 0 Å². The lowest BCUT2D eigenvalue weighted by Crippen LogP contribution is -2.30. The summed E-state index contributed by atoms with van der Waals surface area (Å²) in [6, 6.07) is 1.68. The third-order valence-electron chi connectivity index (χ3n) is 1.38. The molecule has 0 unspecified atom stereocenters. The molecule has 5 nitrogen and oxygen atoms in total. The monoisotopic (exact) mass is 180 g/mol. The predicted octanol–water partition coefficient (Wildman–Crippen LogP) is -0.745. The molecule has 1 aromatic rings. The number of nitrogens with zero attached hydrogens (tertiary/aromatic N) is 2. The number of hydrogen-bond donors (Lipinski definition) is 1. The molecule has 0 aliphatic rings. The number of aryl methyl sites for hydroxylation is 2. The van der Waals surface area contributed by atoms with Gasteiger partial charge in [-0.3, -0.25) is 0 Å². The maximum atomic E-state index is 10.1. The van der Waals surface area contributed by atoms with Gasteiger partial charge in [0.2, 0.25) is 0 Å². The predicted molar refractivity (Wildman–Crippen MR) is 45.0 cm³/mol. The first-order valence-electron chi connectivity index (χ1n) is 3.84. The van der Waals surface area contributed by atoms with Gasteiger partial charge in [-0.1, -0.05) is 0 Å². The molecular weight excluding hydrogens is 170 g/mol. The SMILES string of the molecule is Cc1cc(NCC(=O)[O-])nc(C)n1. The number of carboxylic acids is 1. The topological polar surface area (TPSA) is 77.9 Å². The highest BCUT2D eigenvalue weighted by Gasteiger charge is 1.97. The minimum Gasteiger partial charge on any atom is -0.548 e. The van der Waals surface area contributed by atoms with Crippen molar-refractivity contribution < 1.29 is 9.90 Å². The van der Waals surface area contributed by atoms with Crippen molar-refractivity contribution in [3.8, 4) is 0 Å². The van der Waals surface area contributed by atoms with E-state index in [4.69, 9.17) is 0 Å². The quantitative estimate of drug-likeness (QED) is 0.662. The second kappa shape index (κ2) is 3.84. The molecule has 0 atom stereocenters. The number of anilines is 1. The number of carbonyl (C=O) groups is 1. The Bertz CT molecular complexity index is 305. The first kappa shape index (κ1) is 9.44. The van der Waals surface area contributed by atoms with Gasteiger partial charge in [0.05, 0.1) is 12.5 Å². The van der Waals surface area contributed by atoms with Crippen molar-refractivity contribution >= 4 is 11.8 Å². The van der Waals surface area contributed by atoms with Crippen LogP contribution in [0.25, 0.3) is 0 Å². The fourth-order valence-corrected chi connectivity index (χ4v) is 0.970. The van der Waals surface area contributed by atoms with E-state index in [-0.39, 0.29) is 6.54 Å². The second-order valence-electron chi connectivity index (χ2n) is 2.67. The van der Waals surface area contributed by atoms with Gasteiger partial charge in [0, 0.05) is 11.8 Å². The smallest absolute Gasteiger partial charge is 0.130 e. The lowest BCUT2D eigenvalue weighted by Gasteiger charge is -2.06. The molecule has 13 heavy (non-hydrogen) atoms. The minimum absolute atomic E-state index is 0.240. The molecule has 1 aromatic heterocycles. The standard InChI is InChI=1S/C8H11N3O2/c1-5-3-7(9-4-8(12)13)11-6(2)10-5/h3H,4H2,1-2H3,(H,12,13)(H,9,10,11)/p-1. The third kappa shape index (κ3) is 3.06. The Morgan fingerprint density at radius 2 is 2.23 bits per heavy atom. The van der Waals surface area contributed by atoms with Gasteiger partial charge < -0.3 is 15.2 Å². The Morgan fingerprint density at radius 3 is 2.77 bits per heavy atom. The fourth-order valence-electron chi connectivity index (χ4n) is 0.970. The first-order valence-corrected chi connectivity index (χ1v) is 3.84. The number of aromatic nitrogens is 2. The van der Waals surface area contributed by atoms with Crippen LogP contribution in [0.4, 0.5) is 5.82 Å². The van der Waals surface area contributed by atoms with Gasteiger partial charge in [0.15, 0.2) is 0 Å². The zero-order chi connectivity index (χ0) is 9.84. The van der Waals surface area contributed by atoms with Crippen molar-refractivity contribution in [3.63, 3.8) is 0 Å². The highest BCUT2D eigenvalue weighted by molar-refractivity contribution is 5.70. The summed E-state index contributed by atoms with van der Waals surface area (Å²) >= 11 is 0. The molecule has 0 amide bonds. The molecule has 0 fully saturated rings. The number of carbonyl (C=O) groups excluding carboxylic acids is 1. The largest absolute Gasteiger partial charge is 0.548 e. The van der Waals surface area contributed by atoms with Gasteiger partial charge in [-0.2, -0.15) is 0 Å². The maximum absolute atomic E-state index is 10.1. The molecule has 1 N–H and O–H groups in total. The Labute approximate surface area is 75.8 Å². The van der Waals surface area contributed by atoms with E-state index in [0.717, 1.165) is 5.69 Å². The first-order chi connectivity index (χ1) is 6.08. The Balaban J connectivity index is 2.71. The number of carboxylic acid groups (broad SMARTS) is 1. The van der Waals surface area contributed by atoms with Crippen LogP contribution < -0.4 is 10.4 Å². The van der Waals surface area contributed by atoms with Gasteiger partial charge in [0.25, 0.3) is 0 Å². The van der Waals surface area contributed by atoms with Gasteiger partial charge in [0.1, 0.15) is 11.6 Å². The van der Waals surface area contributed by atoms with Gasteiger partial charge in [-0.25, -0.2) is 9.97 Å². The number of hydrogen-bond acceptors (Lipinski definition) is 5. The summed E-state index contributed by atoms with van der Waals surface area (Å²) in [5.41, 5.74) is 0.799. The van der Waals surface area contributed by atoms with E-state index in [9.17, 15) is 9.90 Å². The molecule has 1 heterocycles. The van der Waals surface area contributed by atoms with Crippen LogP contribution in [0.15, 0.2) is 6.07 Å². The minimum atomic E-state index is -1.16. The molecule has 0 saturated carbocycles. The molecule has 0 aliphatic carbocycles. The van der Waals surface area contributed by atoms with E-state index in [1.165, 1.54) is 0 Å². The van der Waals surface area contributed by atoms with Crippen LogP contribution in [0, 0.1) is 13.8 Å². The summed E-state index contributed by atoms with van der Waals surface area (Å²) in [6.07, 6.45) is 0. The summed E-state index contributed by atoms with van der Waals surface area (Å²) < 4.78 is 0. The number of rotatable bonds is 3. The highest BCUT2D eigenvalue weighted by atomic mass is 16.4.